The molecule has 0 aliphatic carbocycles. The number of benzene rings is 3. The summed E-state index contributed by atoms with van der Waals surface area (Å²) in [6.45, 7) is 3.00. The van der Waals surface area contributed by atoms with Crippen LogP contribution in [0.4, 0.5) is 13.2 Å². The molecule has 6 rings (SSSR count). The third kappa shape index (κ3) is 7.87. The Kier molecular flexibility index (Phi) is 10.1. The summed E-state index contributed by atoms with van der Waals surface area (Å²) in [5.74, 6) is -3.06. The second-order valence-corrected chi connectivity index (χ2v) is 13.9. The fourth-order valence-electron chi connectivity index (χ4n) is 5.51. The number of carbonyl (C=O) groups excluding carboxylic acids is 4. The highest BCUT2D eigenvalue weighted by Crippen LogP contribution is 2.33. The minimum Gasteiger partial charge on any atom is -0.569 e. The van der Waals surface area contributed by atoms with Crippen LogP contribution in [0.25, 0.3) is 16.9 Å². The van der Waals surface area contributed by atoms with E-state index in [4.69, 9.17) is 9.57 Å². The lowest BCUT2D eigenvalue weighted by Crippen LogP contribution is -2.55. The molecular formula is C34H30F3N7O9S. The first-order chi connectivity index (χ1) is 25.5. The third-order valence-corrected chi connectivity index (χ3v) is 9.76. The van der Waals surface area contributed by atoms with Crippen LogP contribution in [0, 0.1) is 12.1 Å². The van der Waals surface area contributed by atoms with Crippen molar-refractivity contribution >= 4 is 33.7 Å². The number of rotatable bonds is 12. The molecule has 16 nitrogen and oxygen atoms in total. The number of nitrogens with zero attached hydrogens (tertiary/aromatic N) is 6. The zero-order valence-corrected chi connectivity index (χ0v) is 29.2. The predicted molar refractivity (Wildman–Crippen MR) is 178 cm³/mol. The number of halogens is 3. The second kappa shape index (κ2) is 14.6. The first-order valence-electron chi connectivity index (χ1n) is 16.2. The largest absolute Gasteiger partial charge is 0.569 e. The molecule has 1 N–H and O–H groups in total. The summed E-state index contributed by atoms with van der Waals surface area (Å²) >= 11 is 0. The van der Waals surface area contributed by atoms with Crippen molar-refractivity contribution < 1.29 is 55.3 Å². The first kappa shape index (κ1) is 37.4. The Morgan fingerprint density at radius 1 is 1.00 bits per heavy atom. The molecule has 3 amide bonds. The number of esters is 1. The van der Waals surface area contributed by atoms with Crippen LogP contribution in [-0.4, -0.2) is 82.2 Å². The number of fused-ring (bicyclic) bond motifs is 1. The van der Waals surface area contributed by atoms with Crippen molar-refractivity contribution in [3.05, 3.63) is 106 Å². The molecule has 282 valence electrons. The molecule has 3 heterocycles. The Morgan fingerprint density at radius 2 is 1.61 bits per heavy atom. The summed E-state index contributed by atoms with van der Waals surface area (Å²) in [5, 5.41) is 20.4. The lowest BCUT2D eigenvalue weighted by molar-refractivity contribution is -0.727. The molecule has 20 heteroatoms. The summed E-state index contributed by atoms with van der Waals surface area (Å²) in [6.07, 6.45) is -7.75. The van der Waals surface area contributed by atoms with Gasteiger partial charge in [0.1, 0.15) is 19.2 Å². The van der Waals surface area contributed by atoms with Gasteiger partial charge in [0.05, 0.1) is 38.8 Å². The summed E-state index contributed by atoms with van der Waals surface area (Å²) in [6, 6.07) is 18.5. The van der Waals surface area contributed by atoms with Crippen molar-refractivity contribution in [3.63, 3.8) is 0 Å². The molecule has 3 aromatic carbocycles. The molecule has 54 heavy (non-hydrogen) atoms. The van der Waals surface area contributed by atoms with Gasteiger partial charge in [-0.1, -0.05) is 42.0 Å². The minimum absolute atomic E-state index is 0.0711. The van der Waals surface area contributed by atoms with Crippen LogP contribution >= 0.6 is 0 Å². The maximum Gasteiger partial charge on any atom is 0.435 e. The number of amides is 3. The van der Waals surface area contributed by atoms with E-state index < -0.39 is 70.8 Å². The summed E-state index contributed by atoms with van der Waals surface area (Å²) in [5.41, 5.74) is 0.839. The Bertz CT molecular complexity index is 2220. The van der Waals surface area contributed by atoms with Crippen LogP contribution in [0.2, 0.25) is 0 Å². The van der Waals surface area contributed by atoms with Crippen molar-refractivity contribution in [2.75, 3.05) is 13.1 Å². The number of ether oxygens (including phenoxy) is 1. The van der Waals surface area contributed by atoms with E-state index in [0.29, 0.717) is 5.56 Å². The second-order valence-electron chi connectivity index (χ2n) is 12.3. The first-order valence-corrected chi connectivity index (χ1v) is 17.7. The van der Waals surface area contributed by atoms with Gasteiger partial charge >= 0.3 is 12.1 Å². The fraction of sp³-hybridized carbons (Fsp3) is 0.265. The van der Waals surface area contributed by atoms with Crippen LogP contribution in [0.15, 0.2) is 89.0 Å². The molecule has 0 radical (unpaired) electrons. The third-order valence-electron chi connectivity index (χ3n) is 8.37. The Morgan fingerprint density at radius 3 is 2.20 bits per heavy atom. The summed E-state index contributed by atoms with van der Waals surface area (Å²) < 4.78 is 74.4. The number of hydrogen-bond donors (Lipinski definition) is 1. The highest BCUT2D eigenvalue weighted by Gasteiger charge is 2.41. The molecule has 1 atom stereocenters. The summed E-state index contributed by atoms with van der Waals surface area (Å²) in [7, 11) is -4.43. The standard InChI is InChI=1S/C34H30F3N7O9S/c1-20-7-9-22(10-8-20)28-17-29(34(35,36)37)38-43(28)23-11-13-25(14-12-23)54(50,51)39-30(45)15-16-31(46)52-24-18-41(19-24)44(49)40-53-21(2)42-32(47)26-5-3-4-6-27(26)33(42)48/h3-14,17,21,24H,15-16,18-19H2,1-2H3,(H,39,45). The van der Waals surface area contributed by atoms with Gasteiger partial charge in [-0.25, -0.2) is 22.7 Å². The molecule has 1 fully saturated rings. The topological polar surface area (TPSA) is 196 Å². The monoisotopic (exact) mass is 769 g/mol. The van der Waals surface area contributed by atoms with E-state index in [2.05, 4.69) is 10.4 Å². The van der Waals surface area contributed by atoms with Gasteiger partial charge in [-0.15, -0.1) is 5.01 Å². The number of hydrogen-bond acceptors (Lipinski definition) is 11. The summed E-state index contributed by atoms with van der Waals surface area (Å²) in [4.78, 5) is 55.4. The lowest BCUT2D eigenvalue weighted by Gasteiger charge is -2.33. The molecule has 2 aliphatic rings. The molecule has 1 saturated heterocycles. The van der Waals surface area contributed by atoms with Crippen molar-refractivity contribution in [1.82, 2.24) is 24.4 Å². The zero-order valence-electron chi connectivity index (χ0n) is 28.4. The highest BCUT2D eigenvalue weighted by molar-refractivity contribution is 7.90. The number of nitrogens with one attached hydrogen (secondary N) is 1. The van der Waals surface area contributed by atoms with E-state index in [1.165, 1.54) is 31.2 Å². The van der Waals surface area contributed by atoms with Gasteiger partial charge in [0.25, 0.3) is 21.8 Å². The molecule has 1 aromatic heterocycles. The average Bonchev–Trinajstić information content (AvgIpc) is 3.67. The van der Waals surface area contributed by atoms with Crippen molar-refractivity contribution in [2.24, 2.45) is 5.28 Å². The van der Waals surface area contributed by atoms with E-state index in [-0.39, 0.29) is 45.5 Å². The average molecular weight is 770 g/mol. The SMILES string of the molecule is Cc1ccc(-c2cc(C(F)(F)F)nn2-c2ccc(S(=O)(=O)NC(=O)CCC(=O)OC3CN([N+]([O-])=NOC(C)N4C(=O)c5ccccc5C4=O)C3)cc2)cc1. The molecule has 1 unspecified atom stereocenters. The maximum atomic E-state index is 13.5. The fourth-order valence-corrected chi connectivity index (χ4v) is 6.52. The van der Waals surface area contributed by atoms with Crippen LogP contribution < -0.4 is 4.72 Å². The van der Waals surface area contributed by atoms with E-state index in [1.807, 2.05) is 11.6 Å². The van der Waals surface area contributed by atoms with Crippen molar-refractivity contribution in [2.45, 2.75) is 50.1 Å². The van der Waals surface area contributed by atoms with E-state index in [9.17, 15) is 46.0 Å². The van der Waals surface area contributed by atoms with Crippen LogP contribution in [-0.2, 0) is 35.4 Å². The van der Waals surface area contributed by atoms with E-state index in [1.54, 1.807) is 36.4 Å². The van der Waals surface area contributed by atoms with Crippen molar-refractivity contribution in [1.29, 1.82) is 0 Å². The molecule has 0 saturated carbocycles. The molecule has 4 aromatic rings. The van der Waals surface area contributed by atoms with E-state index >= 15 is 0 Å². The smallest absolute Gasteiger partial charge is 0.435 e. The van der Waals surface area contributed by atoms with Crippen LogP contribution in [0.3, 0.4) is 0 Å². The quantitative estimate of drug-likeness (QED) is 0.0716. The van der Waals surface area contributed by atoms with Gasteiger partial charge in [0, 0.05) is 12.0 Å². The zero-order chi connectivity index (χ0) is 38.9. The molecule has 0 spiro atoms. The molecule has 2 aliphatic heterocycles. The van der Waals surface area contributed by atoms with Crippen molar-refractivity contribution in [3.8, 4) is 16.9 Å². The van der Waals surface area contributed by atoms with Crippen LogP contribution in [0.5, 0.6) is 0 Å². The van der Waals surface area contributed by atoms with Gasteiger partial charge in [-0.3, -0.25) is 19.2 Å². The van der Waals surface area contributed by atoms with Gasteiger partial charge in [0.2, 0.25) is 17.4 Å². The number of sulfonamides is 1. The van der Waals surface area contributed by atoms with Gasteiger partial charge in [0.15, 0.2) is 5.69 Å². The maximum absolute atomic E-state index is 13.5. The van der Waals surface area contributed by atoms with Gasteiger partial charge < -0.3 is 14.8 Å². The predicted octanol–water partition coefficient (Wildman–Crippen LogP) is 4.13. The Balaban J connectivity index is 0.968. The minimum atomic E-state index is -4.73. The Hall–Kier alpha value is -6.31. The highest BCUT2D eigenvalue weighted by atomic mass is 32.2. The number of imide groups is 1. The molecule has 0 bridgehead atoms. The normalized spacial score (nSPS) is 15.5. The Labute approximate surface area is 304 Å². The van der Waals surface area contributed by atoms with Gasteiger partial charge in [-0.2, -0.15) is 18.3 Å². The van der Waals surface area contributed by atoms with Crippen LogP contribution in [0.1, 0.15) is 51.7 Å². The number of aryl methyl sites for hydroxylation is 1. The van der Waals surface area contributed by atoms with E-state index in [0.717, 1.165) is 38.4 Å². The number of carbonyl (C=O) groups is 4. The number of hydrazine groups is 1. The number of aromatic nitrogens is 2. The number of alkyl halides is 3. The van der Waals surface area contributed by atoms with Gasteiger partial charge in [-0.05, 0) is 56.3 Å². The lowest BCUT2D eigenvalue weighted by atomic mass is 10.1. The molecular weight excluding hydrogens is 739 g/mol.